The van der Waals surface area contributed by atoms with Crippen molar-refractivity contribution in [1.82, 2.24) is 0 Å². The lowest BCUT2D eigenvalue weighted by Crippen LogP contribution is -3.00. The van der Waals surface area contributed by atoms with Crippen molar-refractivity contribution in [2.75, 3.05) is 207 Å². The molecule has 0 rings (SSSR count). The van der Waals surface area contributed by atoms with Crippen LogP contribution < -0.4 is 34.0 Å². The summed E-state index contributed by atoms with van der Waals surface area (Å²) in [4.78, 5) is 99.6. The van der Waals surface area contributed by atoms with E-state index in [-0.39, 0.29) is 130 Å². The van der Waals surface area contributed by atoms with Gasteiger partial charge in [-0.2, -0.15) is 0 Å². The van der Waals surface area contributed by atoms with Gasteiger partial charge in [0.15, 0.2) is 0 Å². The minimum atomic E-state index is -2.80. The highest BCUT2D eigenvalue weighted by molar-refractivity contribution is 6.76. The highest BCUT2D eigenvalue weighted by Crippen LogP contribution is 2.30. The zero-order chi connectivity index (χ0) is 105. The molecular formula is C101H208Br2F2N2O26Si4. The summed E-state index contributed by atoms with van der Waals surface area (Å²) in [5, 5.41) is 0. The Morgan fingerprint density at radius 3 is 0.832 bits per heavy atom. The number of unbranched alkanes of at least 4 members (excludes halogenated alkanes) is 22. The maximum atomic E-state index is 13.1. The van der Waals surface area contributed by atoms with Crippen LogP contribution in [-0.4, -0.2) is 320 Å². The molecule has 0 aromatic carbocycles. The Balaban J connectivity index is -0.000000263. The maximum Gasteiger partial charge on any atom is 0.500 e. The average molecular weight is 2180 g/mol. The van der Waals surface area contributed by atoms with Crippen molar-refractivity contribution in [3.8, 4) is 0 Å². The number of hydrogen-bond donors (Lipinski definition) is 0. The molecule has 822 valence electrons. The van der Waals surface area contributed by atoms with Gasteiger partial charge in [-0.3, -0.25) is 19.2 Å². The Bertz CT molecular complexity index is 2630. The largest absolute Gasteiger partial charge is 1.00 e. The van der Waals surface area contributed by atoms with E-state index in [0.717, 1.165) is 72.7 Å². The average Bonchev–Trinajstić information content (AvgIpc) is 0.876. The molecule has 0 fully saturated rings. The van der Waals surface area contributed by atoms with Crippen molar-refractivity contribution in [2.45, 2.75) is 364 Å². The summed E-state index contributed by atoms with van der Waals surface area (Å²) in [6, 6.07) is 3.19. The van der Waals surface area contributed by atoms with E-state index in [1.54, 1.807) is 7.11 Å². The van der Waals surface area contributed by atoms with E-state index < -0.39 is 61.6 Å². The van der Waals surface area contributed by atoms with E-state index in [4.69, 9.17) is 103 Å². The second-order valence-corrected chi connectivity index (χ2v) is 57.6. The molecule has 0 aromatic rings. The van der Waals surface area contributed by atoms with Gasteiger partial charge in [0.25, 0.3) is 0 Å². The van der Waals surface area contributed by atoms with Crippen molar-refractivity contribution < 1.29 is 174 Å². The summed E-state index contributed by atoms with van der Waals surface area (Å²) in [5.41, 5.74) is -2.62. The summed E-state index contributed by atoms with van der Waals surface area (Å²) >= 11 is 0. The number of methoxy groups -OCH3 is 1. The number of halogens is 4. The number of carbonyl (C=O) groups is 10. The van der Waals surface area contributed by atoms with E-state index in [9.17, 15) is 28.0 Å². The standard InChI is InChI=1S/C50H102F2NO10Si2.C45H94NO10Si2.6CH2O.2BrH/c1-12-16-17-18-19-20-21-22-23-26-34-53(7,8)35-27-28-36-56-40-49(5,44-59-48(55)32-25-30-39-65(61-13-2,62-14-3)63-15-4)42-58-43-50(6,41-57-37-33-46(51)52)45-60-47(54)31-24-29-38-64(9,10)11;1-13-16-17-18-19-20-21-22-23-24-29-46(6,7)30-25-26-31-50-36-44(4,40-54-43(48)28-35-58(12,55-14-2)56-15-3)38-52-39-45(5,37-51-33-32-49-8)41-53-42(47)27-34-57(9,10)11;6*1-2;;/h46H,12-45H2,1-11H3;13-41H2,1-12H3;6*1H2;2*1H/q2*+1;;;;;;;;/p-2. The number of alkyl halides is 2. The Hall–Kier alpha value is -2.97. The molecule has 4 atom stereocenters. The number of carbonyl (C=O) groups excluding carboxylic acids is 10. The van der Waals surface area contributed by atoms with Crippen LogP contribution in [0.5, 0.6) is 0 Å². The summed E-state index contributed by atoms with van der Waals surface area (Å²) < 4.78 is 123. The van der Waals surface area contributed by atoms with Gasteiger partial charge in [0, 0.05) is 135 Å². The van der Waals surface area contributed by atoms with Crippen LogP contribution in [0.4, 0.5) is 8.78 Å². The third-order valence-corrected chi connectivity index (χ3v) is 31.9. The van der Waals surface area contributed by atoms with Gasteiger partial charge in [0.05, 0.1) is 127 Å². The minimum Gasteiger partial charge on any atom is -1.00 e. The molecule has 0 saturated carbocycles. The van der Waals surface area contributed by atoms with Crippen LogP contribution >= 0.6 is 0 Å². The molecule has 0 radical (unpaired) electrons. The zero-order valence-corrected chi connectivity index (χ0v) is 98.6. The van der Waals surface area contributed by atoms with Gasteiger partial charge in [-0.1, -0.05) is 196 Å². The van der Waals surface area contributed by atoms with Crippen molar-refractivity contribution in [3.63, 3.8) is 0 Å². The lowest BCUT2D eigenvalue weighted by atomic mass is 9.92. The molecule has 0 aliphatic heterocycles. The molecule has 36 heteroatoms. The third kappa shape index (κ3) is 104. The predicted molar refractivity (Wildman–Crippen MR) is 551 cm³/mol. The number of quaternary nitrogens is 2. The first kappa shape index (κ1) is 154. The zero-order valence-electron chi connectivity index (χ0n) is 91.4. The van der Waals surface area contributed by atoms with Crippen LogP contribution in [0.25, 0.3) is 0 Å². The summed E-state index contributed by atoms with van der Waals surface area (Å²) in [7, 11) is 3.16. The molecule has 0 saturated heterocycles. The van der Waals surface area contributed by atoms with E-state index in [0.29, 0.717) is 130 Å². The van der Waals surface area contributed by atoms with E-state index >= 15 is 0 Å². The number of rotatable bonds is 88. The fourth-order valence-corrected chi connectivity index (χ4v) is 21.6. The van der Waals surface area contributed by atoms with Crippen molar-refractivity contribution >= 4 is 98.1 Å². The lowest BCUT2D eigenvalue weighted by Gasteiger charge is -2.33. The monoisotopic (exact) mass is 2170 g/mol. The first-order valence-electron chi connectivity index (χ1n) is 50.6. The molecule has 28 nitrogen and oxygen atoms in total. The number of nitrogens with zero attached hydrogens (tertiary/aromatic N) is 2. The topological polar surface area (TPSA) is 318 Å². The van der Waals surface area contributed by atoms with Gasteiger partial charge in [0.1, 0.15) is 67.2 Å². The molecule has 0 heterocycles. The fourth-order valence-electron chi connectivity index (χ4n) is 14.4. The SMILES string of the molecule is C=O.C=O.C=O.C=O.C=O.C=O.CCCCCCCCCCCC[N+](C)(C)CCCCOCC(C)(COCC(C)(COCCC(F)F)COC(=O)CCCC[Si](C)(C)C)COC(=O)CCCC[Si](OCC)(OCC)OCC.CCCCCCCCCCCC[N+](C)(C)CCCCOCC(C)(COCC(C)(COCCOC)COC(=O)CC[Si](C)(C)C)COC(=O)CC[Si](C)(OCC)OCC.[Br-].[Br-]. The Morgan fingerprint density at radius 2 is 0.547 bits per heavy atom. The van der Waals surface area contributed by atoms with E-state index in [2.05, 4.69) is 81.3 Å². The highest BCUT2D eigenvalue weighted by Gasteiger charge is 2.41. The number of esters is 4. The second-order valence-electron chi connectivity index (χ2n) is 40.3. The van der Waals surface area contributed by atoms with Gasteiger partial charge < -0.3 is 146 Å². The maximum absolute atomic E-state index is 13.1. The van der Waals surface area contributed by atoms with E-state index in [1.807, 2.05) is 110 Å². The Kier molecular flexibility index (Phi) is 114. The second kappa shape index (κ2) is 102. The van der Waals surface area contributed by atoms with Crippen LogP contribution in [0.3, 0.4) is 0 Å². The van der Waals surface area contributed by atoms with Crippen LogP contribution in [0, 0.1) is 21.7 Å². The van der Waals surface area contributed by atoms with Gasteiger partial charge in [0.2, 0.25) is 6.43 Å². The molecule has 4 unspecified atom stereocenters. The lowest BCUT2D eigenvalue weighted by molar-refractivity contribution is -0.890. The molecule has 0 amide bonds. The van der Waals surface area contributed by atoms with Crippen LogP contribution in [-0.2, 0) is 122 Å². The minimum absolute atomic E-state index is 0. The molecular weight excluding hydrogens is 1970 g/mol. The normalized spacial score (nSPS) is 13.2. The van der Waals surface area contributed by atoms with Crippen LogP contribution in [0.15, 0.2) is 0 Å². The van der Waals surface area contributed by atoms with Crippen molar-refractivity contribution in [3.05, 3.63) is 0 Å². The molecule has 0 bridgehead atoms. The van der Waals surface area contributed by atoms with Gasteiger partial charge in [-0.25, -0.2) is 8.78 Å². The quantitative estimate of drug-likeness (QED) is 0.0179. The smallest absolute Gasteiger partial charge is 0.500 e. The summed E-state index contributed by atoms with van der Waals surface area (Å²) in [5.74, 6) is -1.06. The van der Waals surface area contributed by atoms with Gasteiger partial charge in [-0.15, -0.1) is 0 Å². The molecule has 0 aromatic heterocycles. The van der Waals surface area contributed by atoms with Gasteiger partial charge in [-0.05, 0) is 118 Å². The first-order valence-corrected chi connectivity index (χ1v) is 62.4. The summed E-state index contributed by atoms with van der Waals surface area (Å²) in [6.45, 7) is 61.6. The van der Waals surface area contributed by atoms with Gasteiger partial charge >= 0.3 is 41.2 Å². The molecule has 0 spiro atoms. The first-order chi connectivity index (χ1) is 64.1. The third-order valence-electron chi connectivity index (χ3n) is 22.2. The van der Waals surface area contributed by atoms with Crippen LogP contribution in [0.1, 0.15) is 288 Å². The predicted octanol–water partition coefficient (Wildman–Crippen LogP) is 15.0. The molecule has 0 N–H and O–H groups in total. The Labute approximate surface area is 859 Å². The highest BCUT2D eigenvalue weighted by atomic mass is 79.9. The molecule has 137 heavy (non-hydrogen) atoms. The molecule has 0 aliphatic rings. The van der Waals surface area contributed by atoms with Crippen molar-refractivity contribution in [1.29, 1.82) is 0 Å². The summed E-state index contributed by atoms with van der Waals surface area (Å²) in [6.07, 6.45) is 32.5. The Morgan fingerprint density at radius 1 is 0.292 bits per heavy atom. The fraction of sp³-hybridized carbons (Fsp3) is 0.901. The van der Waals surface area contributed by atoms with Crippen LogP contribution in [0.2, 0.25) is 70.0 Å². The number of ether oxygens (including phenoxy) is 11. The van der Waals surface area contributed by atoms with E-state index in [1.165, 1.54) is 142 Å². The molecule has 0 aliphatic carbocycles. The number of hydrogen-bond acceptors (Lipinski definition) is 26. The van der Waals surface area contributed by atoms with Crippen molar-refractivity contribution in [2.24, 2.45) is 21.7 Å².